The van der Waals surface area contributed by atoms with Gasteiger partial charge in [-0.25, -0.2) is 0 Å². The lowest BCUT2D eigenvalue weighted by molar-refractivity contribution is 0.414. The van der Waals surface area contributed by atoms with Crippen LogP contribution in [0.3, 0.4) is 0 Å². The van der Waals surface area contributed by atoms with Gasteiger partial charge in [0.25, 0.3) is 0 Å². The zero-order valence-electron chi connectivity index (χ0n) is 9.24. The van der Waals surface area contributed by atoms with Gasteiger partial charge in [-0.2, -0.15) is 0 Å². The summed E-state index contributed by atoms with van der Waals surface area (Å²) < 4.78 is 5.20. The molecule has 4 heteroatoms. The van der Waals surface area contributed by atoms with Gasteiger partial charge in [-0.05, 0) is 25.1 Å². The van der Waals surface area contributed by atoms with Crippen LogP contribution in [0.25, 0.3) is 10.9 Å². The molecule has 0 aliphatic carbocycles. The third-order valence-corrected chi connectivity index (χ3v) is 2.46. The molecule has 0 unspecified atom stereocenters. The summed E-state index contributed by atoms with van der Waals surface area (Å²) in [6.45, 7) is 1.93. The summed E-state index contributed by atoms with van der Waals surface area (Å²) in [5.41, 5.74) is 7.94. The summed E-state index contributed by atoms with van der Waals surface area (Å²) in [6, 6.07) is 7.46. The zero-order chi connectivity index (χ0) is 11.7. The van der Waals surface area contributed by atoms with Gasteiger partial charge < -0.3 is 10.5 Å². The third kappa shape index (κ3) is 1.58. The molecule has 4 nitrogen and oxygen atoms in total. The van der Waals surface area contributed by atoms with E-state index < -0.39 is 0 Å². The molecule has 2 aromatic rings. The van der Waals surface area contributed by atoms with Crippen molar-refractivity contribution in [1.82, 2.24) is 4.98 Å². The van der Waals surface area contributed by atoms with E-state index in [1.807, 2.05) is 25.1 Å². The maximum absolute atomic E-state index is 7.59. The molecule has 2 rings (SSSR count). The Balaban J connectivity index is 2.84. The standard InChI is InChI=1S/C12H13N3O/c1-7-3-4-8-9(15-7)5-6-10(16-2)11(8)12(13)14/h3-6H,1-2H3,(H3,13,14). The molecule has 0 spiro atoms. The molecule has 1 heterocycles. The Kier molecular flexibility index (Phi) is 2.48. The van der Waals surface area contributed by atoms with Crippen LogP contribution in [-0.4, -0.2) is 17.9 Å². The first-order valence-corrected chi connectivity index (χ1v) is 4.92. The van der Waals surface area contributed by atoms with Gasteiger partial charge in [0.15, 0.2) is 0 Å². The Morgan fingerprint density at radius 1 is 1.31 bits per heavy atom. The Morgan fingerprint density at radius 2 is 2.06 bits per heavy atom. The summed E-state index contributed by atoms with van der Waals surface area (Å²) in [4.78, 5) is 4.39. The Bertz CT molecular complexity index is 563. The molecule has 0 amide bonds. The lowest BCUT2D eigenvalue weighted by Crippen LogP contribution is -2.13. The van der Waals surface area contributed by atoms with Crippen molar-refractivity contribution in [2.75, 3.05) is 7.11 Å². The highest BCUT2D eigenvalue weighted by molar-refractivity contribution is 6.09. The highest BCUT2D eigenvalue weighted by Gasteiger charge is 2.11. The Hall–Kier alpha value is -2.10. The van der Waals surface area contributed by atoms with Crippen molar-refractivity contribution in [1.29, 1.82) is 5.41 Å². The number of pyridine rings is 1. The van der Waals surface area contributed by atoms with E-state index in [9.17, 15) is 0 Å². The number of nitrogens with zero attached hydrogens (tertiary/aromatic N) is 1. The van der Waals surface area contributed by atoms with Crippen molar-refractivity contribution in [2.45, 2.75) is 6.92 Å². The van der Waals surface area contributed by atoms with Crippen LogP contribution >= 0.6 is 0 Å². The van der Waals surface area contributed by atoms with E-state index in [4.69, 9.17) is 15.9 Å². The van der Waals surface area contributed by atoms with Crippen molar-refractivity contribution in [3.63, 3.8) is 0 Å². The van der Waals surface area contributed by atoms with Crippen LogP contribution < -0.4 is 10.5 Å². The molecule has 3 N–H and O–H groups in total. The average Bonchev–Trinajstić information content (AvgIpc) is 2.26. The Morgan fingerprint density at radius 3 is 2.69 bits per heavy atom. The number of rotatable bonds is 2. The number of ether oxygens (including phenoxy) is 1. The van der Waals surface area contributed by atoms with Crippen molar-refractivity contribution >= 4 is 16.7 Å². The molecule has 0 atom stereocenters. The van der Waals surface area contributed by atoms with Crippen molar-refractivity contribution in [3.8, 4) is 5.75 Å². The SMILES string of the molecule is COc1ccc2nc(C)ccc2c1C(=N)N. The summed E-state index contributed by atoms with van der Waals surface area (Å²) in [5, 5.41) is 8.43. The first-order valence-electron chi connectivity index (χ1n) is 4.92. The van der Waals surface area contributed by atoms with Crippen LogP contribution in [0.15, 0.2) is 24.3 Å². The van der Waals surface area contributed by atoms with Gasteiger partial charge in [0.05, 0.1) is 18.2 Å². The fourth-order valence-corrected chi connectivity index (χ4v) is 1.73. The fourth-order valence-electron chi connectivity index (χ4n) is 1.73. The molecule has 0 radical (unpaired) electrons. The Labute approximate surface area is 93.6 Å². The van der Waals surface area contributed by atoms with E-state index in [-0.39, 0.29) is 5.84 Å². The summed E-state index contributed by atoms with van der Waals surface area (Å²) >= 11 is 0. The minimum absolute atomic E-state index is 0.00639. The first kappa shape index (κ1) is 10.4. The van der Waals surface area contributed by atoms with Gasteiger partial charge in [-0.15, -0.1) is 0 Å². The second kappa shape index (κ2) is 3.81. The predicted octanol–water partition coefficient (Wildman–Crippen LogP) is 1.84. The van der Waals surface area contributed by atoms with Gasteiger partial charge in [0.2, 0.25) is 0 Å². The van der Waals surface area contributed by atoms with E-state index >= 15 is 0 Å². The summed E-state index contributed by atoms with van der Waals surface area (Å²) in [5.74, 6) is 0.596. The molecule has 16 heavy (non-hydrogen) atoms. The maximum atomic E-state index is 7.59. The average molecular weight is 215 g/mol. The molecule has 1 aromatic carbocycles. The number of benzene rings is 1. The molecule has 82 valence electrons. The number of aromatic nitrogens is 1. The number of fused-ring (bicyclic) bond motifs is 1. The number of methoxy groups -OCH3 is 1. The van der Waals surface area contributed by atoms with Crippen LogP contribution in [0.2, 0.25) is 0 Å². The van der Waals surface area contributed by atoms with Gasteiger partial charge in [0, 0.05) is 11.1 Å². The maximum Gasteiger partial charge on any atom is 0.130 e. The van der Waals surface area contributed by atoms with Gasteiger partial charge >= 0.3 is 0 Å². The number of aryl methyl sites for hydroxylation is 1. The number of amidine groups is 1. The van der Waals surface area contributed by atoms with Crippen LogP contribution in [0.5, 0.6) is 5.75 Å². The largest absolute Gasteiger partial charge is 0.496 e. The lowest BCUT2D eigenvalue weighted by atomic mass is 10.1. The molecule has 0 bridgehead atoms. The number of hydrogen-bond donors (Lipinski definition) is 2. The van der Waals surface area contributed by atoms with Crippen LogP contribution in [0.1, 0.15) is 11.3 Å². The molecular formula is C12H13N3O. The zero-order valence-corrected chi connectivity index (χ0v) is 9.24. The quantitative estimate of drug-likeness (QED) is 0.593. The first-order chi connectivity index (χ1) is 7.63. The second-order valence-corrected chi connectivity index (χ2v) is 3.58. The van der Waals surface area contributed by atoms with Crippen LogP contribution in [0.4, 0.5) is 0 Å². The number of nitrogen functional groups attached to an aromatic ring is 1. The monoisotopic (exact) mass is 215 g/mol. The van der Waals surface area contributed by atoms with E-state index in [0.717, 1.165) is 16.6 Å². The van der Waals surface area contributed by atoms with Crippen molar-refractivity contribution < 1.29 is 4.74 Å². The number of hydrogen-bond acceptors (Lipinski definition) is 3. The highest BCUT2D eigenvalue weighted by atomic mass is 16.5. The summed E-state index contributed by atoms with van der Waals surface area (Å²) in [7, 11) is 1.56. The van der Waals surface area contributed by atoms with Crippen molar-refractivity contribution in [3.05, 3.63) is 35.5 Å². The minimum Gasteiger partial charge on any atom is -0.496 e. The van der Waals surface area contributed by atoms with E-state index in [1.165, 1.54) is 0 Å². The second-order valence-electron chi connectivity index (χ2n) is 3.58. The summed E-state index contributed by atoms with van der Waals surface area (Å²) in [6.07, 6.45) is 0. The molecule has 0 saturated heterocycles. The lowest BCUT2D eigenvalue weighted by Gasteiger charge is -2.10. The van der Waals surface area contributed by atoms with Gasteiger partial charge in [-0.1, -0.05) is 6.07 Å². The smallest absolute Gasteiger partial charge is 0.130 e. The predicted molar refractivity (Wildman–Crippen MR) is 64.0 cm³/mol. The van der Waals surface area contributed by atoms with E-state index in [2.05, 4.69) is 4.98 Å². The van der Waals surface area contributed by atoms with Crippen molar-refractivity contribution in [2.24, 2.45) is 5.73 Å². The molecule has 0 saturated carbocycles. The molecule has 0 aliphatic heterocycles. The minimum atomic E-state index is -0.00639. The van der Waals surface area contributed by atoms with Crippen LogP contribution in [0, 0.1) is 12.3 Å². The normalized spacial score (nSPS) is 10.4. The molecule has 1 aromatic heterocycles. The third-order valence-electron chi connectivity index (χ3n) is 2.46. The van der Waals surface area contributed by atoms with Crippen LogP contribution in [-0.2, 0) is 0 Å². The fraction of sp³-hybridized carbons (Fsp3) is 0.167. The number of nitrogens with two attached hydrogens (primary N) is 1. The topological polar surface area (TPSA) is 72.0 Å². The van der Waals surface area contributed by atoms with E-state index in [0.29, 0.717) is 11.3 Å². The van der Waals surface area contributed by atoms with Gasteiger partial charge in [0.1, 0.15) is 11.6 Å². The molecule has 0 fully saturated rings. The van der Waals surface area contributed by atoms with E-state index in [1.54, 1.807) is 13.2 Å². The highest BCUT2D eigenvalue weighted by Crippen LogP contribution is 2.26. The number of nitrogens with one attached hydrogen (secondary N) is 1. The van der Waals surface area contributed by atoms with Gasteiger partial charge in [-0.3, -0.25) is 10.4 Å². The molecular weight excluding hydrogens is 202 g/mol. The molecule has 0 aliphatic rings.